The Labute approximate surface area is 135 Å². The molecule has 0 bridgehead atoms. The molecule has 116 valence electrons. The first kappa shape index (κ1) is 14.2. The van der Waals surface area contributed by atoms with Gasteiger partial charge >= 0.3 is 0 Å². The average Bonchev–Trinajstić information content (AvgIpc) is 3.21. The number of rotatable bonds is 5. The number of hydrogen-bond donors (Lipinski definition) is 1. The third-order valence-electron chi connectivity index (χ3n) is 3.41. The smallest absolute Gasteiger partial charge is 0.206 e. The third-order valence-corrected chi connectivity index (χ3v) is 5.45. The van der Waals surface area contributed by atoms with Gasteiger partial charge in [-0.25, -0.2) is 4.39 Å². The van der Waals surface area contributed by atoms with Crippen LogP contribution in [0.25, 0.3) is 0 Å². The van der Waals surface area contributed by atoms with E-state index in [2.05, 4.69) is 15.5 Å². The fraction of sp³-hybridized carbons (Fsp3) is 0.429. The van der Waals surface area contributed by atoms with Gasteiger partial charge in [0.15, 0.2) is 11.1 Å². The van der Waals surface area contributed by atoms with E-state index in [0.717, 1.165) is 26.3 Å². The van der Waals surface area contributed by atoms with E-state index in [1.54, 1.807) is 11.8 Å². The van der Waals surface area contributed by atoms with Crippen LogP contribution in [0.3, 0.4) is 0 Å². The van der Waals surface area contributed by atoms with Crippen molar-refractivity contribution in [1.82, 2.24) is 10.2 Å². The maximum atomic E-state index is 13.7. The summed E-state index contributed by atoms with van der Waals surface area (Å²) >= 11 is 3.07. The number of nitrogens with zero attached hydrogens (tertiary/aromatic N) is 2. The van der Waals surface area contributed by atoms with Crippen molar-refractivity contribution in [1.29, 1.82) is 0 Å². The Bertz CT molecular complexity index is 691. The van der Waals surface area contributed by atoms with Crippen molar-refractivity contribution in [2.75, 3.05) is 12.1 Å². The molecule has 1 aliphatic carbocycles. The van der Waals surface area contributed by atoms with Crippen molar-refractivity contribution in [3.05, 3.63) is 29.1 Å². The Morgan fingerprint density at radius 3 is 3.14 bits per heavy atom. The minimum absolute atomic E-state index is 0.213. The molecule has 2 aromatic rings. The van der Waals surface area contributed by atoms with Gasteiger partial charge in [-0.05, 0) is 25.0 Å². The number of nitrogens with one attached hydrogen (secondary N) is 1. The lowest BCUT2D eigenvalue weighted by Gasteiger charge is -2.20. The van der Waals surface area contributed by atoms with E-state index in [1.807, 2.05) is 0 Å². The molecule has 8 heteroatoms. The van der Waals surface area contributed by atoms with Crippen LogP contribution in [0.15, 0.2) is 16.5 Å². The molecule has 1 N–H and O–H groups in total. The number of ether oxygens (including phenoxy) is 2. The summed E-state index contributed by atoms with van der Waals surface area (Å²) < 4.78 is 25.3. The number of aromatic nitrogens is 2. The summed E-state index contributed by atoms with van der Waals surface area (Å²) in [5.41, 5.74) is 1.59. The van der Waals surface area contributed by atoms with Gasteiger partial charge in [0.2, 0.25) is 5.13 Å². The summed E-state index contributed by atoms with van der Waals surface area (Å²) in [6.07, 6.45) is 2.41. The Morgan fingerprint density at radius 2 is 2.27 bits per heavy atom. The fourth-order valence-corrected chi connectivity index (χ4v) is 4.03. The molecule has 2 heterocycles. The molecule has 0 unspecified atom stereocenters. The largest absolute Gasteiger partial charge is 0.467 e. The molecule has 0 radical (unpaired) electrons. The molecule has 2 aliphatic rings. The molecule has 5 nitrogen and oxygen atoms in total. The van der Waals surface area contributed by atoms with Crippen molar-refractivity contribution in [3.63, 3.8) is 0 Å². The number of anilines is 1. The molecule has 0 atom stereocenters. The zero-order valence-electron chi connectivity index (χ0n) is 11.7. The first-order chi connectivity index (χ1) is 10.8. The summed E-state index contributed by atoms with van der Waals surface area (Å²) in [6.45, 7) is 0.601. The van der Waals surface area contributed by atoms with Crippen LogP contribution in [0.4, 0.5) is 9.52 Å². The zero-order chi connectivity index (χ0) is 14.9. The number of halogens is 1. The summed E-state index contributed by atoms with van der Waals surface area (Å²) in [7, 11) is 0. The van der Waals surface area contributed by atoms with E-state index in [1.165, 1.54) is 36.3 Å². The van der Waals surface area contributed by atoms with Crippen LogP contribution < -0.4 is 10.1 Å². The van der Waals surface area contributed by atoms with Gasteiger partial charge in [0.05, 0.1) is 6.61 Å². The number of thioether (sulfide) groups is 1. The Kier molecular flexibility index (Phi) is 3.89. The van der Waals surface area contributed by atoms with E-state index in [0.29, 0.717) is 18.4 Å². The topological polar surface area (TPSA) is 56.3 Å². The quantitative estimate of drug-likeness (QED) is 0.843. The zero-order valence-corrected chi connectivity index (χ0v) is 13.3. The fourth-order valence-electron chi connectivity index (χ4n) is 2.23. The molecule has 0 amide bonds. The molecule has 22 heavy (non-hydrogen) atoms. The van der Waals surface area contributed by atoms with Gasteiger partial charge in [-0.1, -0.05) is 23.1 Å². The molecule has 1 aromatic carbocycles. The maximum absolute atomic E-state index is 13.7. The van der Waals surface area contributed by atoms with Crippen molar-refractivity contribution in [2.24, 2.45) is 0 Å². The van der Waals surface area contributed by atoms with Crippen molar-refractivity contribution in [3.8, 4) is 5.75 Å². The highest BCUT2D eigenvalue weighted by Gasteiger charge is 2.22. The second kappa shape index (κ2) is 6.02. The van der Waals surface area contributed by atoms with E-state index in [4.69, 9.17) is 9.47 Å². The predicted octanol–water partition coefficient (Wildman–Crippen LogP) is 3.41. The van der Waals surface area contributed by atoms with Gasteiger partial charge in [-0.15, -0.1) is 10.2 Å². The second-order valence-corrected chi connectivity index (χ2v) is 7.44. The maximum Gasteiger partial charge on any atom is 0.206 e. The van der Waals surface area contributed by atoms with Gasteiger partial charge in [-0.2, -0.15) is 0 Å². The molecule has 1 aliphatic heterocycles. The van der Waals surface area contributed by atoms with Crippen LogP contribution >= 0.6 is 23.1 Å². The van der Waals surface area contributed by atoms with Gasteiger partial charge < -0.3 is 14.8 Å². The van der Waals surface area contributed by atoms with Crippen LogP contribution in [-0.2, 0) is 17.1 Å². The lowest BCUT2D eigenvalue weighted by molar-refractivity contribution is -0.0171. The van der Waals surface area contributed by atoms with Crippen LogP contribution in [0.2, 0.25) is 0 Å². The summed E-state index contributed by atoms with van der Waals surface area (Å²) in [4.78, 5) is 0. The minimum Gasteiger partial charge on any atom is -0.467 e. The number of hydrogen-bond acceptors (Lipinski definition) is 7. The van der Waals surface area contributed by atoms with Crippen molar-refractivity contribution in [2.45, 2.75) is 35.6 Å². The summed E-state index contributed by atoms with van der Waals surface area (Å²) in [6, 6.07) is 3.54. The number of fused-ring (bicyclic) bond motifs is 1. The van der Waals surface area contributed by atoms with Gasteiger partial charge in [0, 0.05) is 22.9 Å². The van der Waals surface area contributed by atoms with Gasteiger partial charge in [0.1, 0.15) is 11.6 Å². The molecule has 0 spiro atoms. The second-order valence-electron chi connectivity index (χ2n) is 5.24. The van der Waals surface area contributed by atoms with E-state index in [9.17, 15) is 4.39 Å². The first-order valence-corrected chi connectivity index (χ1v) is 8.83. The Balaban J connectivity index is 1.46. The van der Waals surface area contributed by atoms with Crippen molar-refractivity contribution < 1.29 is 13.9 Å². The molecule has 4 rings (SSSR count). The highest BCUT2D eigenvalue weighted by molar-refractivity contribution is 8.00. The Morgan fingerprint density at radius 1 is 1.36 bits per heavy atom. The summed E-state index contributed by atoms with van der Waals surface area (Å²) in [5, 5.41) is 12.5. The van der Waals surface area contributed by atoms with Crippen LogP contribution in [0, 0.1) is 5.82 Å². The van der Waals surface area contributed by atoms with Crippen molar-refractivity contribution >= 4 is 28.2 Å². The minimum atomic E-state index is -0.267. The van der Waals surface area contributed by atoms with Crippen LogP contribution in [-0.4, -0.2) is 23.0 Å². The number of benzene rings is 1. The first-order valence-electron chi connectivity index (χ1n) is 7.02. The third kappa shape index (κ3) is 3.18. The predicted molar refractivity (Wildman–Crippen MR) is 82.8 cm³/mol. The highest BCUT2D eigenvalue weighted by Crippen LogP contribution is 2.36. The summed E-state index contributed by atoms with van der Waals surface area (Å²) in [5.74, 6) is 1.07. The van der Waals surface area contributed by atoms with Gasteiger partial charge in [0.25, 0.3) is 0 Å². The standard InChI is InChI=1S/C14H14FN3O2S2/c15-10-3-8-5-19-7-20-12(8)9(4-10)6-21-14-18-17-13(22-14)16-11-1-2-11/h3-4,11H,1-2,5-7H2,(H,16,17). The lowest BCUT2D eigenvalue weighted by atomic mass is 10.1. The molecule has 0 saturated heterocycles. The molecule has 1 aromatic heterocycles. The molecule has 1 fully saturated rings. The van der Waals surface area contributed by atoms with E-state index < -0.39 is 0 Å². The Hall–Kier alpha value is -1.38. The van der Waals surface area contributed by atoms with E-state index in [-0.39, 0.29) is 12.6 Å². The van der Waals surface area contributed by atoms with Crippen LogP contribution in [0.1, 0.15) is 24.0 Å². The lowest BCUT2D eigenvalue weighted by Crippen LogP contribution is -2.13. The molecular formula is C14H14FN3O2S2. The van der Waals surface area contributed by atoms with E-state index >= 15 is 0 Å². The molecule has 1 saturated carbocycles. The monoisotopic (exact) mass is 339 g/mol. The normalized spacial score (nSPS) is 17.0. The van der Waals surface area contributed by atoms with Gasteiger partial charge in [-0.3, -0.25) is 0 Å². The average molecular weight is 339 g/mol. The van der Waals surface area contributed by atoms with Crippen LogP contribution in [0.5, 0.6) is 5.75 Å². The molecular weight excluding hydrogens is 325 g/mol. The highest BCUT2D eigenvalue weighted by atomic mass is 32.2. The SMILES string of the molecule is Fc1cc2c(c(CSc3nnc(NC4CC4)s3)c1)OCOC2.